The van der Waals surface area contributed by atoms with E-state index < -0.39 is 0 Å². The zero-order valence-corrected chi connectivity index (χ0v) is 16.8. The van der Waals surface area contributed by atoms with Crippen molar-refractivity contribution in [2.24, 2.45) is 0 Å². The van der Waals surface area contributed by atoms with E-state index in [1.165, 1.54) is 0 Å². The molecule has 2 rings (SSSR count). The quantitative estimate of drug-likeness (QED) is 0.563. The van der Waals surface area contributed by atoms with Crippen molar-refractivity contribution in [3.05, 3.63) is 30.3 Å². The fraction of sp³-hybridized carbons (Fsp3) is 0.400. The Morgan fingerprint density at radius 3 is 1.78 bits per heavy atom. The van der Waals surface area contributed by atoms with Gasteiger partial charge in [-0.15, -0.1) is 0 Å². The third-order valence-corrected chi connectivity index (χ3v) is 7.66. The molecule has 0 radical (unpaired) electrons. The molecule has 0 aliphatic carbocycles. The van der Waals surface area contributed by atoms with Crippen LogP contribution in [-0.2, 0) is 0 Å². The van der Waals surface area contributed by atoms with E-state index in [2.05, 4.69) is 48.0 Å². The van der Waals surface area contributed by atoms with E-state index in [0.29, 0.717) is 16.4 Å². The van der Waals surface area contributed by atoms with Gasteiger partial charge in [-0.05, 0) is 33.7 Å². The molecule has 0 aliphatic rings. The number of anilines is 2. The summed E-state index contributed by atoms with van der Waals surface area (Å²) in [6, 6.07) is 9.94. The lowest BCUT2D eigenvalue weighted by Gasteiger charge is -2.09. The van der Waals surface area contributed by atoms with Gasteiger partial charge in [0.1, 0.15) is 0 Å². The lowest BCUT2D eigenvalue weighted by molar-refractivity contribution is 0.816. The third-order valence-electron chi connectivity index (χ3n) is 2.25. The van der Waals surface area contributed by atoms with Crippen molar-refractivity contribution in [1.82, 2.24) is 15.0 Å². The summed E-state index contributed by atoms with van der Waals surface area (Å²) < 4.78 is 0. The minimum absolute atomic E-state index is 0.517. The number of hydrogen-bond acceptors (Lipinski definition) is 8. The number of benzene rings is 1. The fourth-order valence-electron chi connectivity index (χ4n) is 1.40. The molecule has 0 saturated heterocycles. The molecule has 0 aliphatic heterocycles. The van der Waals surface area contributed by atoms with Crippen LogP contribution in [0, 0.1) is 0 Å². The van der Waals surface area contributed by atoms with Crippen molar-refractivity contribution in [2.75, 3.05) is 5.32 Å². The summed E-state index contributed by atoms with van der Waals surface area (Å²) in [6.45, 7) is 8.64. The second-order valence-corrected chi connectivity index (χ2v) is 10.7. The van der Waals surface area contributed by atoms with Gasteiger partial charge in [0.2, 0.25) is 16.3 Å². The molecule has 0 bridgehead atoms. The van der Waals surface area contributed by atoms with Gasteiger partial charge < -0.3 is 5.32 Å². The van der Waals surface area contributed by atoms with Gasteiger partial charge in [0.05, 0.1) is 0 Å². The number of para-hydroxylation sites is 1. The molecule has 23 heavy (non-hydrogen) atoms. The van der Waals surface area contributed by atoms with Crippen LogP contribution in [0.1, 0.15) is 27.7 Å². The van der Waals surface area contributed by atoms with Gasteiger partial charge in [0.25, 0.3) is 0 Å². The maximum Gasteiger partial charge on any atom is 0.232 e. The van der Waals surface area contributed by atoms with E-state index >= 15 is 0 Å². The Morgan fingerprint density at radius 2 is 1.30 bits per heavy atom. The van der Waals surface area contributed by atoms with E-state index in [9.17, 15) is 0 Å². The molecular formula is C15H20N4S4. The van der Waals surface area contributed by atoms with Gasteiger partial charge >= 0.3 is 0 Å². The summed E-state index contributed by atoms with van der Waals surface area (Å²) in [4.78, 5) is 13.6. The average molecular weight is 385 g/mol. The number of rotatable bonds is 8. The standard InChI is InChI=1S/C15H20N4S4/c1-10(2)20-22-14-17-13(16-12-8-6-5-7-9-12)18-15(19-14)23-21-11(3)4/h5-11H,1-4H3,(H,16,17,18,19). The Labute approximate surface area is 153 Å². The first-order valence-electron chi connectivity index (χ1n) is 7.27. The molecule has 0 spiro atoms. The molecule has 8 heteroatoms. The van der Waals surface area contributed by atoms with Crippen LogP contribution >= 0.6 is 43.2 Å². The predicted molar refractivity (Wildman–Crippen MR) is 107 cm³/mol. The van der Waals surface area contributed by atoms with Crippen molar-refractivity contribution in [1.29, 1.82) is 0 Å². The van der Waals surface area contributed by atoms with Crippen molar-refractivity contribution >= 4 is 54.8 Å². The molecule has 1 heterocycles. The molecule has 0 amide bonds. The van der Waals surface area contributed by atoms with E-state index in [4.69, 9.17) is 0 Å². The lowest BCUT2D eigenvalue weighted by Crippen LogP contribution is -2.01. The highest BCUT2D eigenvalue weighted by Crippen LogP contribution is 2.36. The molecule has 0 saturated carbocycles. The normalized spacial score (nSPS) is 11.2. The Bertz CT molecular complexity index is 577. The molecule has 0 fully saturated rings. The maximum atomic E-state index is 4.54. The maximum absolute atomic E-state index is 4.54. The number of hydrogen-bond donors (Lipinski definition) is 1. The number of nitrogens with one attached hydrogen (secondary N) is 1. The minimum Gasteiger partial charge on any atom is -0.324 e. The SMILES string of the molecule is CC(C)SSc1nc(Nc2ccccc2)nc(SSC(C)C)n1. The van der Waals surface area contributed by atoms with Crippen LogP contribution in [0.4, 0.5) is 11.6 Å². The van der Waals surface area contributed by atoms with Crippen LogP contribution in [0.15, 0.2) is 40.6 Å². The minimum atomic E-state index is 0.517. The van der Waals surface area contributed by atoms with Crippen LogP contribution < -0.4 is 5.32 Å². The van der Waals surface area contributed by atoms with Crippen LogP contribution in [0.25, 0.3) is 0 Å². The van der Waals surface area contributed by atoms with Gasteiger partial charge in [-0.1, -0.05) is 67.5 Å². The average Bonchev–Trinajstić information content (AvgIpc) is 2.52. The Kier molecular flexibility index (Phi) is 7.88. The first kappa shape index (κ1) is 18.8. The molecule has 0 atom stereocenters. The number of nitrogens with zero attached hydrogens (tertiary/aromatic N) is 3. The largest absolute Gasteiger partial charge is 0.324 e. The van der Waals surface area contributed by atoms with Crippen LogP contribution in [0.5, 0.6) is 0 Å². The molecule has 1 aromatic carbocycles. The highest BCUT2D eigenvalue weighted by molar-refractivity contribution is 8.77. The Morgan fingerprint density at radius 1 is 0.783 bits per heavy atom. The predicted octanol–water partition coefficient (Wildman–Crippen LogP) is 5.91. The summed E-state index contributed by atoms with van der Waals surface area (Å²) in [5, 5.41) is 5.77. The van der Waals surface area contributed by atoms with E-state index in [1.807, 2.05) is 30.3 Å². The second kappa shape index (κ2) is 9.66. The molecule has 0 unspecified atom stereocenters. The molecule has 1 N–H and O–H groups in total. The van der Waals surface area contributed by atoms with Gasteiger partial charge in [0, 0.05) is 16.2 Å². The van der Waals surface area contributed by atoms with E-state index in [-0.39, 0.29) is 0 Å². The molecule has 1 aromatic heterocycles. The summed E-state index contributed by atoms with van der Waals surface area (Å²) in [5.74, 6) is 0.588. The highest BCUT2D eigenvalue weighted by atomic mass is 33.1. The highest BCUT2D eigenvalue weighted by Gasteiger charge is 2.10. The number of aromatic nitrogens is 3. The summed E-state index contributed by atoms with van der Waals surface area (Å²) in [7, 11) is 6.69. The van der Waals surface area contributed by atoms with Crippen molar-refractivity contribution < 1.29 is 0 Å². The van der Waals surface area contributed by atoms with Gasteiger partial charge in [-0.25, -0.2) is 0 Å². The van der Waals surface area contributed by atoms with Crippen LogP contribution in [-0.4, -0.2) is 25.5 Å². The summed E-state index contributed by atoms with van der Waals surface area (Å²) in [6.07, 6.45) is 0. The van der Waals surface area contributed by atoms with Crippen molar-refractivity contribution in [2.45, 2.75) is 48.5 Å². The van der Waals surface area contributed by atoms with E-state index in [1.54, 1.807) is 43.2 Å². The second-order valence-electron chi connectivity index (χ2n) is 5.17. The monoisotopic (exact) mass is 384 g/mol. The molecule has 2 aromatic rings. The zero-order valence-electron chi connectivity index (χ0n) is 13.5. The smallest absolute Gasteiger partial charge is 0.232 e. The van der Waals surface area contributed by atoms with Crippen molar-refractivity contribution in [3.63, 3.8) is 0 Å². The molecule has 124 valence electrons. The van der Waals surface area contributed by atoms with Gasteiger partial charge in [0.15, 0.2) is 0 Å². The Hall–Kier alpha value is -0.570. The fourth-order valence-corrected chi connectivity index (χ4v) is 4.63. The van der Waals surface area contributed by atoms with Gasteiger partial charge in [-0.3, -0.25) is 0 Å². The van der Waals surface area contributed by atoms with Crippen molar-refractivity contribution in [3.8, 4) is 0 Å². The first-order chi connectivity index (χ1) is 11.0. The zero-order chi connectivity index (χ0) is 16.7. The van der Waals surface area contributed by atoms with Gasteiger partial charge in [-0.2, -0.15) is 15.0 Å². The molecular weight excluding hydrogens is 364 g/mol. The van der Waals surface area contributed by atoms with Crippen LogP contribution in [0.3, 0.4) is 0 Å². The Balaban J connectivity index is 2.17. The van der Waals surface area contributed by atoms with E-state index in [0.717, 1.165) is 16.0 Å². The summed E-state index contributed by atoms with van der Waals surface area (Å²) >= 11 is 0. The third kappa shape index (κ3) is 7.24. The topological polar surface area (TPSA) is 50.7 Å². The first-order valence-corrected chi connectivity index (χ1v) is 11.7. The molecule has 4 nitrogen and oxygen atoms in total. The lowest BCUT2D eigenvalue weighted by atomic mass is 10.3. The summed E-state index contributed by atoms with van der Waals surface area (Å²) in [5.41, 5.74) is 0.971. The van der Waals surface area contributed by atoms with Crippen LogP contribution in [0.2, 0.25) is 0 Å².